The maximum Gasteiger partial charge on any atom is 0.123 e. The topological polar surface area (TPSA) is 60.9 Å². The second kappa shape index (κ2) is 5.95. The summed E-state index contributed by atoms with van der Waals surface area (Å²) < 4.78 is 12.8. The molecule has 0 unspecified atom stereocenters. The molecule has 0 aliphatic heterocycles. The second-order valence-corrected chi connectivity index (χ2v) is 4.61. The van der Waals surface area contributed by atoms with Crippen molar-refractivity contribution >= 4 is 0 Å². The number of halogens is 1. The minimum atomic E-state index is -0.645. The molecule has 19 heavy (non-hydrogen) atoms. The van der Waals surface area contributed by atoms with E-state index in [9.17, 15) is 9.50 Å². The molecule has 0 amide bonds. The number of hydrogen-bond donors (Lipinski definition) is 3. The van der Waals surface area contributed by atoms with E-state index in [2.05, 4.69) is 15.5 Å². The first-order valence-electron chi connectivity index (χ1n) is 6.22. The van der Waals surface area contributed by atoms with Crippen LogP contribution in [0, 0.1) is 19.7 Å². The maximum absolute atomic E-state index is 12.8. The Bertz CT molecular complexity index is 517. The van der Waals surface area contributed by atoms with Crippen molar-refractivity contribution in [2.24, 2.45) is 0 Å². The third kappa shape index (κ3) is 3.39. The summed E-state index contributed by atoms with van der Waals surface area (Å²) >= 11 is 0. The van der Waals surface area contributed by atoms with E-state index in [0.29, 0.717) is 18.7 Å². The number of aromatic amines is 1. The van der Waals surface area contributed by atoms with Crippen LogP contribution < -0.4 is 5.32 Å². The molecular formula is C14H18FN3O. The van der Waals surface area contributed by atoms with Crippen molar-refractivity contribution in [3.63, 3.8) is 0 Å². The standard InChI is InChI=1S/C14H18FN3O/c1-9-13(10(2)18-17-9)7-16-8-14(19)11-3-5-12(15)6-4-11/h3-6,14,16,19H,7-8H2,1-2H3,(H,17,18)/t14-/m1/s1. The van der Waals surface area contributed by atoms with Crippen LogP contribution in [0.15, 0.2) is 24.3 Å². The van der Waals surface area contributed by atoms with Crippen molar-refractivity contribution in [1.29, 1.82) is 0 Å². The Kier molecular flexibility index (Phi) is 4.29. The molecule has 4 nitrogen and oxygen atoms in total. The van der Waals surface area contributed by atoms with E-state index >= 15 is 0 Å². The van der Waals surface area contributed by atoms with E-state index in [4.69, 9.17) is 0 Å². The molecule has 0 fully saturated rings. The third-order valence-corrected chi connectivity index (χ3v) is 3.17. The molecule has 102 valence electrons. The van der Waals surface area contributed by atoms with Gasteiger partial charge < -0.3 is 10.4 Å². The number of benzene rings is 1. The van der Waals surface area contributed by atoms with Crippen LogP contribution in [-0.4, -0.2) is 21.8 Å². The average molecular weight is 263 g/mol. The molecule has 2 rings (SSSR count). The van der Waals surface area contributed by atoms with Crippen LogP contribution in [0.5, 0.6) is 0 Å². The summed E-state index contributed by atoms with van der Waals surface area (Å²) in [6, 6.07) is 5.89. The normalized spacial score (nSPS) is 12.6. The van der Waals surface area contributed by atoms with Crippen LogP contribution >= 0.6 is 0 Å². The molecular weight excluding hydrogens is 245 g/mol. The highest BCUT2D eigenvalue weighted by atomic mass is 19.1. The smallest absolute Gasteiger partial charge is 0.123 e. The fourth-order valence-corrected chi connectivity index (χ4v) is 1.97. The van der Waals surface area contributed by atoms with Gasteiger partial charge in [0.15, 0.2) is 0 Å². The van der Waals surface area contributed by atoms with Gasteiger partial charge in [-0.2, -0.15) is 5.10 Å². The first-order valence-corrected chi connectivity index (χ1v) is 6.22. The van der Waals surface area contributed by atoms with Crippen molar-refractivity contribution in [1.82, 2.24) is 15.5 Å². The number of rotatable bonds is 5. The van der Waals surface area contributed by atoms with Crippen molar-refractivity contribution < 1.29 is 9.50 Å². The van der Waals surface area contributed by atoms with Gasteiger partial charge in [-0.15, -0.1) is 0 Å². The summed E-state index contributed by atoms with van der Waals surface area (Å²) in [5, 5.41) is 20.2. The van der Waals surface area contributed by atoms with Crippen LogP contribution in [0.1, 0.15) is 28.6 Å². The van der Waals surface area contributed by atoms with E-state index in [-0.39, 0.29) is 5.82 Å². The van der Waals surface area contributed by atoms with Crippen LogP contribution in [0.25, 0.3) is 0 Å². The summed E-state index contributed by atoms with van der Waals surface area (Å²) in [5.74, 6) is -0.298. The van der Waals surface area contributed by atoms with Gasteiger partial charge in [-0.1, -0.05) is 12.1 Å². The summed E-state index contributed by atoms with van der Waals surface area (Å²) in [6.07, 6.45) is -0.645. The minimum Gasteiger partial charge on any atom is -0.387 e. The first-order chi connectivity index (χ1) is 9.08. The molecule has 1 atom stereocenters. The van der Waals surface area contributed by atoms with Crippen molar-refractivity contribution in [3.05, 3.63) is 52.6 Å². The molecule has 3 N–H and O–H groups in total. The van der Waals surface area contributed by atoms with Gasteiger partial charge in [-0.3, -0.25) is 5.10 Å². The Morgan fingerprint density at radius 2 is 2.00 bits per heavy atom. The van der Waals surface area contributed by atoms with Gasteiger partial charge in [-0.05, 0) is 31.5 Å². The lowest BCUT2D eigenvalue weighted by Crippen LogP contribution is -2.21. The van der Waals surface area contributed by atoms with E-state index in [0.717, 1.165) is 17.0 Å². The van der Waals surface area contributed by atoms with Crippen molar-refractivity contribution in [2.75, 3.05) is 6.54 Å². The molecule has 1 aromatic carbocycles. The number of nitrogens with zero attached hydrogens (tertiary/aromatic N) is 1. The second-order valence-electron chi connectivity index (χ2n) is 4.61. The van der Waals surface area contributed by atoms with Crippen molar-refractivity contribution in [2.45, 2.75) is 26.5 Å². The summed E-state index contributed by atoms with van der Waals surface area (Å²) in [4.78, 5) is 0. The molecule has 0 radical (unpaired) electrons. The molecule has 1 heterocycles. The lowest BCUT2D eigenvalue weighted by atomic mass is 10.1. The van der Waals surface area contributed by atoms with Gasteiger partial charge in [0.05, 0.1) is 11.8 Å². The van der Waals surface area contributed by atoms with E-state index in [1.807, 2.05) is 13.8 Å². The van der Waals surface area contributed by atoms with Crippen LogP contribution in [0.3, 0.4) is 0 Å². The fraction of sp³-hybridized carbons (Fsp3) is 0.357. The number of aromatic nitrogens is 2. The number of aryl methyl sites for hydroxylation is 2. The number of hydrogen-bond acceptors (Lipinski definition) is 3. The Balaban J connectivity index is 1.87. The average Bonchev–Trinajstić information content (AvgIpc) is 2.71. The molecule has 0 spiro atoms. The molecule has 5 heteroatoms. The van der Waals surface area contributed by atoms with Gasteiger partial charge in [0, 0.05) is 24.3 Å². The summed E-state index contributed by atoms with van der Waals surface area (Å²) in [6.45, 7) is 4.96. The van der Waals surface area contributed by atoms with Crippen LogP contribution in [0.4, 0.5) is 4.39 Å². The predicted molar refractivity (Wildman–Crippen MR) is 71.1 cm³/mol. The largest absolute Gasteiger partial charge is 0.387 e. The van der Waals surface area contributed by atoms with E-state index in [1.165, 1.54) is 12.1 Å². The lowest BCUT2D eigenvalue weighted by Gasteiger charge is -2.12. The molecule has 0 aliphatic rings. The van der Waals surface area contributed by atoms with Gasteiger partial charge in [-0.25, -0.2) is 4.39 Å². The zero-order valence-electron chi connectivity index (χ0n) is 11.1. The predicted octanol–water partition coefficient (Wildman–Crippen LogP) is 1.99. The van der Waals surface area contributed by atoms with Gasteiger partial charge in [0.2, 0.25) is 0 Å². The maximum atomic E-state index is 12.8. The Hall–Kier alpha value is -1.72. The van der Waals surface area contributed by atoms with E-state index < -0.39 is 6.10 Å². The Labute approximate surface area is 111 Å². The third-order valence-electron chi connectivity index (χ3n) is 3.17. The monoisotopic (exact) mass is 263 g/mol. The molecule has 1 aromatic heterocycles. The molecule has 0 saturated heterocycles. The highest BCUT2D eigenvalue weighted by Crippen LogP contribution is 2.13. The number of nitrogens with one attached hydrogen (secondary N) is 2. The molecule has 0 bridgehead atoms. The van der Waals surface area contributed by atoms with Gasteiger partial charge >= 0.3 is 0 Å². The highest BCUT2D eigenvalue weighted by molar-refractivity contribution is 5.23. The van der Waals surface area contributed by atoms with Crippen LogP contribution in [-0.2, 0) is 6.54 Å². The van der Waals surface area contributed by atoms with E-state index in [1.54, 1.807) is 12.1 Å². The quantitative estimate of drug-likeness (QED) is 0.773. The molecule has 0 saturated carbocycles. The number of H-pyrrole nitrogens is 1. The van der Waals surface area contributed by atoms with Crippen molar-refractivity contribution in [3.8, 4) is 0 Å². The Morgan fingerprint density at radius 3 is 2.58 bits per heavy atom. The zero-order valence-corrected chi connectivity index (χ0v) is 11.1. The highest BCUT2D eigenvalue weighted by Gasteiger charge is 2.09. The molecule has 2 aromatic rings. The number of aliphatic hydroxyl groups excluding tert-OH is 1. The summed E-state index contributed by atoms with van der Waals surface area (Å²) in [7, 11) is 0. The molecule has 0 aliphatic carbocycles. The van der Waals surface area contributed by atoms with Gasteiger partial charge in [0.25, 0.3) is 0 Å². The minimum absolute atomic E-state index is 0.298. The van der Waals surface area contributed by atoms with Gasteiger partial charge in [0.1, 0.15) is 5.82 Å². The SMILES string of the molecule is Cc1n[nH]c(C)c1CNC[C@@H](O)c1ccc(F)cc1. The lowest BCUT2D eigenvalue weighted by molar-refractivity contribution is 0.174. The van der Waals surface area contributed by atoms with Crippen LogP contribution in [0.2, 0.25) is 0 Å². The summed E-state index contributed by atoms with van der Waals surface area (Å²) in [5.41, 5.74) is 3.81. The fourth-order valence-electron chi connectivity index (χ4n) is 1.97. The number of aliphatic hydroxyl groups is 1. The Morgan fingerprint density at radius 1 is 1.32 bits per heavy atom. The zero-order chi connectivity index (χ0) is 13.8. The first kappa shape index (κ1) is 13.7.